The van der Waals surface area contributed by atoms with Crippen LogP contribution in [0, 0.1) is 0 Å². The molecule has 150 valence electrons. The van der Waals surface area contributed by atoms with E-state index in [9.17, 15) is 25.2 Å². The number of benzene rings is 3. The molecule has 0 saturated carbocycles. The van der Waals surface area contributed by atoms with Crippen LogP contribution in [0.1, 0.15) is 5.56 Å². The number of phenolic OH excluding ortho intramolecular Hbond substituents is 4. The highest BCUT2D eigenvalue weighted by Gasteiger charge is 2.20. The Hall–Kier alpha value is -3.87. The molecule has 0 saturated heterocycles. The highest BCUT2D eigenvalue weighted by atomic mass is 16.5. The van der Waals surface area contributed by atoms with E-state index in [1.54, 1.807) is 30.3 Å². The lowest BCUT2D eigenvalue weighted by atomic mass is 10.0. The molecule has 0 aliphatic carbocycles. The zero-order valence-corrected chi connectivity index (χ0v) is 15.7. The zero-order chi connectivity index (χ0) is 21.0. The molecule has 7 nitrogen and oxygen atoms in total. The van der Waals surface area contributed by atoms with Crippen LogP contribution >= 0.6 is 0 Å². The summed E-state index contributed by atoms with van der Waals surface area (Å²) in [7, 11) is 1.29. The van der Waals surface area contributed by atoms with Gasteiger partial charge in [0.2, 0.25) is 0 Å². The van der Waals surface area contributed by atoms with E-state index in [0.29, 0.717) is 16.8 Å². The molecule has 0 spiro atoms. The quantitative estimate of drug-likeness (QED) is 0.321. The van der Waals surface area contributed by atoms with Gasteiger partial charge >= 0.3 is 5.97 Å². The maximum atomic E-state index is 12.3. The average molecular weight is 395 g/mol. The fourth-order valence-corrected chi connectivity index (χ4v) is 2.96. The lowest BCUT2D eigenvalue weighted by molar-refractivity contribution is -0.141. The molecule has 3 aromatic rings. The Labute approximate surface area is 167 Å². The number of esters is 1. The van der Waals surface area contributed by atoms with Gasteiger partial charge in [0.15, 0.2) is 23.0 Å². The smallest absolute Gasteiger partial charge is 0.328 e. The van der Waals surface area contributed by atoms with Crippen molar-refractivity contribution in [2.24, 2.45) is 0 Å². The molecular formula is C22H21NO6. The van der Waals surface area contributed by atoms with E-state index >= 15 is 0 Å². The predicted molar refractivity (Wildman–Crippen MR) is 108 cm³/mol. The minimum Gasteiger partial charge on any atom is -0.504 e. The van der Waals surface area contributed by atoms with Gasteiger partial charge < -0.3 is 30.5 Å². The first-order valence-corrected chi connectivity index (χ1v) is 8.85. The van der Waals surface area contributed by atoms with Gasteiger partial charge in [0.25, 0.3) is 0 Å². The van der Waals surface area contributed by atoms with Crippen LogP contribution in [0.15, 0.2) is 60.7 Å². The fourth-order valence-electron chi connectivity index (χ4n) is 2.96. The monoisotopic (exact) mass is 395 g/mol. The van der Waals surface area contributed by atoms with E-state index in [1.165, 1.54) is 31.4 Å². The summed E-state index contributed by atoms with van der Waals surface area (Å²) in [6.07, 6.45) is 0.227. The molecule has 5 N–H and O–H groups in total. The first-order valence-electron chi connectivity index (χ1n) is 8.85. The second-order valence-electron chi connectivity index (χ2n) is 6.53. The van der Waals surface area contributed by atoms with Crippen molar-refractivity contribution in [3.8, 4) is 34.1 Å². The summed E-state index contributed by atoms with van der Waals surface area (Å²) < 4.78 is 4.88. The van der Waals surface area contributed by atoms with Crippen LogP contribution in [0.3, 0.4) is 0 Å². The number of phenols is 4. The normalized spacial score (nSPS) is 11.6. The average Bonchev–Trinajstić information content (AvgIpc) is 2.72. The number of anilines is 1. The van der Waals surface area contributed by atoms with Crippen molar-refractivity contribution in [3.05, 3.63) is 66.2 Å². The van der Waals surface area contributed by atoms with E-state index in [2.05, 4.69) is 5.32 Å². The Morgan fingerprint density at radius 1 is 0.862 bits per heavy atom. The number of ether oxygens (including phenoxy) is 1. The largest absolute Gasteiger partial charge is 0.504 e. The highest BCUT2D eigenvalue weighted by molar-refractivity contribution is 5.80. The number of hydrogen-bond donors (Lipinski definition) is 5. The summed E-state index contributed by atoms with van der Waals surface area (Å²) in [6, 6.07) is 15.4. The molecule has 0 radical (unpaired) electrons. The maximum Gasteiger partial charge on any atom is 0.328 e. The third-order valence-corrected chi connectivity index (χ3v) is 4.48. The summed E-state index contributed by atoms with van der Waals surface area (Å²) in [4.78, 5) is 12.3. The first-order chi connectivity index (χ1) is 13.9. The SMILES string of the molecule is COC(=O)C(Cc1ccc(O)c(O)c1)Nc1cccc(-c2ccc(O)c(O)c2)c1. The lowest BCUT2D eigenvalue weighted by Crippen LogP contribution is -2.32. The van der Waals surface area contributed by atoms with Gasteiger partial charge in [-0.2, -0.15) is 0 Å². The molecule has 29 heavy (non-hydrogen) atoms. The second kappa shape index (κ2) is 8.43. The number of carbonyl (C=O) groups is 1. The van der Waals surface area contributed by atoms with E-state index < -0.39 is 12.0 Å². The molecule has 0 aliphatic rings. The second-order valence-corrected chi connectivity index (χ2v) is 6.53. The van der Waals surface area contributed by atoms with Crippen LogP contribution in [0.4, 0.5) is 5.69 Å². The molecule has 1 atom stereocenters. The minimum absolute atomic E-state index is 0.203. The number of rotatable bonds is 6. The van der Waals surface area contributed by atoms with Gasteiger partial charge in [-0.25, -0.2) is 4.79 Å². The Bertz CT molecular complexity index is 1030. The standard InChI is InChI=1S/C22H21NO6/c1-29-22(28)17(9-13-5-7-18(24)20(26)10-13)23-16-4-2-3-14(11-16)15-6-8-19(25)21(27)12-15/h2-8,10-12,17,23-27H,9H2,1H3. The summed E-state index contributed by atoms with van der Waals surface area (Å²) in [5, 5.41) is 41.5. The summed E-state index contributed by atoms with van der Waals surface area (Å²) in [5.74, 6) is -1.40. The molecule has 0 bridgehead atoms. The summed E-state index contributed by atoms with van der Waals surface area (Å²) in [5.41, 5.74) is 2.76. The topological polar surface area (TPSA) is 119 Å². The van der Waals surface area contributed by atoms with Crippen molar-refractivity contribution < 1.29 is 30.0 Å². The molecular weight excluding hydrogens is 374 g/mol. The van der Waals surface area contributed by atoms with E-state index in [0.717, 1.165) is 5.56 Å². The summed E-state index contributed by atoms with van der Waals surface area (Å²) >= 11 is 0. The van der Waals surface area contributed by atoms with Crippen LogP contribution in [0.25, 0.3) is 11.1 Å². The van der Waals surface area contributed by atoms with Crippen LogP contribution in [0.5, 0.6) is 23.0 Å². The van der Waals surface area contributed by atoms with E-state index in [4.69, 9.17) is 4.74 Å². The zero-order valence-electron chi connectivity index (χ0n) is 15.7. The molecule has 1 unspecified atom stereocenters. The Morgan fingerprint density at radius 3 is 2.17 bits per heavy atom. The van der Waals surface area contributed by atoms with E-state index in [1.807, 2.05) is 6.07 Å². The van der Waals surface area contributed by atoms with Gasteiger partial charge in [-0.1, -0.05) is 24.3 Å². The highest BCUT2D eigenvalue weighted by Crippen LogP contribution is 2.32. The number of aromatic hydroxyl groups is 4. The number of hydrogen-bond acceptors (Lipinski definition) is 7. The number of carbonyl (C=O) groups excluding carboxylic acids is 1. The van der Waals surface area contributed by atoms with Crippen molar-refractivity contribution >= 4 is 11.7 Å². The van der Waals surface area contributed by atoms with Crippen molar-refractivity contribution in [1.82, 2.24) is 0 Å². The summed E-state index contributed by atoms with van der Waals surface area (Å²) in [6.45, 7) is 0. The van der Waals surface area contributed by atoms with Gasteiger partial charge in [-0.3, -0.25) is 0 Å². The van der Waals surface area contributed by atoms with Crippen LogP contribution in [-0.2, 0) is 16.0 Å². The third kappa shape index (κ3) is 4.70. The third-order valence-electron chi connectivity index (χ3n) is 4.48. The minimum atomic E-state index is -0.729. The Morgan fingerprint density at radius 2 is 1.52 bits per heavy atom. The number of nitrogens with one attached hydrogen (secondary N) is 1. The predicted octanol–water partition coefficient (Wildman–Crippen LogP) is 3.37. The number of methoxy groups -OCH3 is 1. The van der Waals surface area contributed by atoms with Crippen LogP contribution in [0.2, 0.25) is 0 Å². The van der Waals surface area contributed by atoms with Gasteiger partial charge in [-0.15, -0.1) is 0 Å². The molecule has 0 fully saturated rings. The van der Waals surface area contributed by atoms with Gasteiger partial charge in [-0.05, 0) is 53.1 Å². The lowest BCUT2D eigenvalue weighted by Gasteiger charge is -2.18. The Kier molecular flexibility index (Phi) is 5.78. The molecule has 3 rings (SSSR count). The van der Waals surface area contributed by atoms with Crippen molar-refractivity contribution in [2.75, 3.05) is 12.4 Å². The molecule has 0 aliphatic heterocycles. The van der Waals surface area contributed by atoms with Gasteiger partial charge in [0.1, 0.15) is 6.04 Å². The maximum absolute atomic E-state index is 12.3. The van der Waals surface area contributed by atoms with Crippen molar-refractivity contribution in [2.45, 2.75) is 12.5 Å². The van der Waals surface area contributed by atoms with Crippen molar-refractivity contribution in [3.63, 3.8) is 0 Å². The van der Waals surface area contributed by atoms with Gasteiger partial charge in [0.05, 0.1) is 7.11 Å². The van der Waals surface area contributed by atoms with Gasteiger partial charge in [0, 0.05) is 12.1 Å². The molecule has 7 heteroatoms. The Balaban J connectivity index is 1.84. The van der Waals surface area contributed by atoms with Crippen molar-refractivity contribution in [1.29, 1.82) is 0 Å². The van der Waals surface area contributed by atoms with E-state index in [-0.39, 0.29) is 29.4 Å². The fraction of sp³-hybridized carbons (Fsp3) is 0.136. The molecule has 0 heterocycles. The van der Waals surface area contributed by atoms with Crippen LogP contribution in [-0.4, -0.2) is 39.5 Å². The molecule has 0 aromatic heterocycles. The molecule has 0 amide bonds. The van der Waals surface area contributed by atoms with Crippen LogP contribution < -0.4 is 5.32 Å². The molecule has 3 aromatic carbocycles. The first kappa shape index (κ1) is 19.9.